The molecule has 0 unspecified atom stereocenters. The van der Waals surface area contributed by atoms with Crippen LogP contribution in [0.15, 0.2) is 42.5 Å². The Balaban J connectivity index is 2.33. The zero-order valence-electron chi connectivity index (χ0n) is 10.6. The van der Waals surface area contributed by atoms with Gasteiger partial charge in [0.15, 0.2) is 0 Å². The smallest absolute Gasteiger partial charge is 0.124 e. The predicted molar refractivity (Wildman–Crippen MR) is 74.2 cm³/mol. The molecule has 2 aromatic carbocycles. The lowest BCUT2D eigenvalue weighted by Gasteiger charge is -2.08. The summed E-state index contributed by atoms with van der Waals surface area (Å²) < 4.78 is 18.3. The second-order valence-electron chi connectivity index (χ2n) is 4.07. The third kappa shape index (κ3) is 3.20. The van der Waals surface area contributed by atoms with Crippen molar-refractivity contribution in [3.05, 3.63) is 65.0 Å². The molecular formula is C16H15FO2. The lowest BCUT2D eigenvalue weighted by molar-refractivity contribution is 0.273. The molecule has 0 aliphatic rings. The molecule has 98 valence electrons. The number of aliphatic hydroxyl groups excluding tert-OH is 1. The van der Waals surface area contributed by atoms with Gasteiger partial charge in [-0.15, -0.1) is 0 Å². The largest absolute Gasteiger partial charge is 0.496 e. The molecule has 2 nitrogen and oxygen atoms in total. The molecule has 0 radical (unpaired) electrons. The summed E-state index contributed by atoms with van der Waals surface area (Å²) in [7, 11) is 1.56. The number of hydrogen-bond acceptors (Lipinski definition) is 2. The van der Waals surface area contributed by atoms with E-state index in [9.17, 15) is 9.50 Å². The molecule has 0 bridgehead atoms. The van der Waals surface area contributed by atoms with Crippen LogP contribution in [0.3, 0.4) is 0 Å². The monoisotopic (exact) mass is 258 g/mol. The summed E-state index contributed by atoms with van der Waals surface area (Å²) in [5, 5.41) is 9.40. The molecule has 0 aliphatic heterocycles. The molecule has 3 heteroatoms. The fraction of sp³-hybridized carbons (Fsp3) is 0.125. The van der Waals surface area contributed by atoms with Crippen LogP contribution in [0, 0.1) is 5.82 Å². The maximum Gasteiger partial charge on any atom is 0.124 e. The van der Waals surface area contributed by atoms with Crippen molar-refractivity contribution in [3.8, 4) is 5.75 Å². The van der Waals surface area contributed by atoms with E-state index in [1.165, 1.54) is 12.1 Å². The molecule has 0 aromatic heterocycles. The van der Waals surface area contributed by atoms with Gasteiger partial charge in [0.1, 0.15) is 11.6 Å². The predicted octanol–water partition coefficient (Wildman–Crippen LogP) is 3.50. The highest BCUT2D eigenvalue weighted by atomic mass is 19.1. The summed E-state index contributed by atoms with van der Waals surface area (Å²) in [6.07, 6.45) is 3.64. The van der Waals surface area contributed by atoms with Gasteiger partial charge >= 0.3 is 0 Å². The van der Waals surface area contributed by atoms with E-state index in [-0.39, 0.29) is 12.4 Å². The molecule has 0 amide bonds. The van der Waals surface area contributed by atoms with Crippen LogP contribution in [-0.2, 0) is 6.61 Å². The third-order valence-corrected chi connectivity index (χ3v) is 2.85. The summed E-state index contributed by atoms with van der Waals surface area (Å²) in [5.41, 5.74) is 2.34. The van der Waals surface area contributed by atoms with Gasteiger partial charge in [-0.3, -0.25) is 0 Å². The van der Waals surface area contributed by atoms with Crippen LogP contribution >= 0.6 is 0 Å². The van der Waals surface area contributed by atoms with Gasteiger partial charge < -0.3 is 9.84 Å². The van der Waals surface area contributed by atoms with Gasteiger partial charge in [-0.25, -0.2) is 4.39 Å². The molecule has 0 heterocycles. The van der Waals surface area contributed by atoms with Crippen molar-refractivity contribution in [1.82, 2.24) is 0 Å². The number of methoxy groups -OCH3 is 1. The minimum atomic E-state index is -0.268. The van der Waals surface area contributed by atoms with Crippen LogP contribution in [0.5, 0.6) is 5.75 Å². The normalized spacial score (nSPS) is 10.9. The second-order valence-corrected chi connectivity index (χ2v) is 4.07. The zero-order chi connectivity index (χ0) is 13.7. The van der Waals surface area contributed by atoms with E-state index >= 15 is 0 Å². The van der Waals surface area contributed by atoms with Crippen molar-refractivity contribution < 1.29 is 14.2 Å². The number of ether oxygens (including phenoxy) is 1. The van der Waals surface area contributed by atoms with Crippen LogP contribution in [0.2, 0.25) is 0 Å². The van der Waals surface area contributed by atoms with E-state index in [2.05, 4.69) is 0 Å². The Morgan fingerprint density at radius 3 is 2.63 bits per heavy atom. The van der Waals surface area contributed by atoms with E-state index in [1.807, 2.05) is 24.3 Å². The number of aliphatic hydroxyl groups is 1. The van der Waals surface area contributed by atoms with Gasteiger partial charge in [0.2, 0.25) is 0 Å². The minimum absolute atomic E-state index is 0.104. The summed E-state index contributed by atoms with van der Waals surface area (Å²) in [5.74, 6) is 0.374. The molecule has 0 spiro atoms. The molecule has 0 fully saturated rings. The maximum absolute atomic E-state index is 13.1. The standard InChI is InChI=1S/C16H15FO2/c1-19-16-7-3-5-13(15(16)11-18)9-8-12-4-2-6-14(17)10-12/h2-10,18H,11H2,1H3/b9-8+. The summed E-state index contributed by atoms with van der Waals surface area (Å²) in [4.78, 5) is 0. The Bertz CT molecular complexity index is 591. The average Bonchev–Trinajstić information content (AvgIpc) is 2.44. The molecule has 2 rings (SSSR count). The Labute approximate surface area is 111 Å². The highest BCUT2D eigenvalue weighted by molar-refractivity contribution is 5.72. The fourth-order valence-electron chi connectivity index (χ4n) is 1.90. The molecule has 2 aromatic rings. The SMILES string of the molecule is COc1cccc(/C=C/c2cccc(F)c2)c1CO. The average molecular weight is 258 g/mol. The van der Waals surface area contributed by atoms with Crippen molar-refractivity contribution in [2.24, 2.45) is 0 Å². The lowest BCUT2D eigenvalue weighted by atomic mass is 10.1. The van der Waals surface area contributed by atoms with Gasteiger partial charge in [0.25, 0.3) is 0 Å². The Hall–Kier alpha value is -2.13. The van der Waals surface area contributed by atoms with Crippen molar-refractivity contribution in [1.29, 1.82) is 0 Å². The van der Waals surface area contributed by atoms with Crippen LogP contribution in [0.25, 0.3) is 12.2 Å². The zero-order valence-corrected chi connectivity index (χ0v) is 10.6. The fourth-order valence-corrected chi connectivity index (χ4v) is 1.90. The Morgan fingerprint density at radius 2 is 1.95 bits per heavy atom. The molecular weight excluding hydrogens is 243 g/mol. The van der Waals surface area contributed by atoms with Gasteiger partial charge in [0.05, 0.1) is 13.7 Å². The second kappa shape index (κ2) is 6.16. The van der Waals surface area contributed by atoms with E-state index in [1.54, 1.807) is 25.3 Å². The van der Waals surface area contributed by atoms with Crippen molar-refractivity contribution in [2.45, 2.75) is 6.61 Å². The summed E-state index contributed by atoms with van der Waals surface area (Å²) in [6.45, 7) is -0.104. The van der Waals surface area contributed by atoms with Crippen LogP contribution in [-0.4, -0.2) is 12.2 Å². The third-order valence-electron chi connectivity index (χ3n) is 2.85. The van der Waals surface area contributed by atoms with E-state index in [0.29, 0.717) is 5.75 Å². The molecule has 0 saturated heterocycles. The van der Waals surface area contributed by atoms with E-state index in [0.717, 1.165) is 16.7 Å². The highest BCUT2D eigenvalue weighted by Gasteiger charge is 2.05. The van der Waals surface area contributed by atoms with Gasteiger partial charge in [-0.2, -0.15) is 0 Å². The van der Waals surface area contributed by atoms with Crippen molar-refractivity contribution in [2.75, 3.05) is 7.11 Å². The topological polar surface area (TPSA) is 29.5 Å². The van der Waals surface area contributed by atoms with Gasteiger partial charge in [-0.1, -0.05) is 36.4 Å². The number of benzene rings is 2. The lowest BCUT2D eigenvalue weighted by Crippen LogP contribution is -1.94. The van der Waals surface area contributed by atoms with Crippen molar-refractivity contribution >= 4 is 12.2 Å². The Kier molecular flexibility index (Phi) is 4.31. The molecule has 1 N–H and O–H groups in total. The summed E-state index contributed by atoms with van der Waals surface area (Å²) in [6, 6.07) is 11.9. The van der Waals surface area contributed by atoms with E-state index in [4.69, 9.17) is 4.74 Å². The van der Waals surface area contributed by atoms with Crippen LogP contribution < -0.4 is 4.74 Å². The van der Waals surface area contributed by atoms with Gasteiger partial charge in [-0.05, 0) is 29.3 Å². The quantitative estimate of drug-likeness (QED) is 0.850. The summed E-state index contributed by atoms with van der Waals surface area (Å²) >= 11 is 0. The van der Waals surface area contributed by atoms with Crippen molar-refractivity contribution in [3.63, 3.8) is 0 Å². The minimum Gasteiger partial charge on any atom is -0.496 e. The molecule has 0 saturated carbocycles. The first-order valence-electron chi connectivity index (χ1n) is 5.95. The first kappa shape index (κ1) is 13.3. The highest BCUT2D eigenvalue weighted by Crippen LogP contribution is 2.24. The first-order chi connectivity index (χ1) is 9.24. The number of rotatable bonds is 4. The Morgan fingerprint density at radius 1 is 1.16 bits per heavy atom. The van der Waals surface area contributed by atoms with E-state index < -0.39 is 0 Å². The first-order valence-corrected chi connectivity index (χ1v) is 5.95. The number of halogens is 1. The molecule has 0 atom stereocenters. The number of hydrogen-bond donors (Lipinski definition) is 1. The maximum atomic E-state index is 13.1. The van der Waals surface area contributed by atoms with Gasteiger partial charge in [0, 0.05) is 5.56 Å². The molecule has 0 aliphatic carbocycles. The van der Waals surface area contributed by atoms with Crippen LogP contribution in [0.1, 0.15) is 16.7 Å². The molecule has 19 heavy (non-hydrogen) atoms. The van der Waals surface area contributed by atoms with Crippen LogP contribution in [0.4, 0.5) is 4.39 Å².